The maximum atomic E-state index is 12.4. The first-order valence-electron chi connectivity index (χ1n) is 8.28. The number of aryl methyl sites for hydroxylation is 1. The molecule has 1 amide bonds. The largest absolute Gasteiger partial charge is 0.383 e. The molecule has 2 N–H and O–H groups in total. The van der Waals surface area contributed by atoms with E-state index in [0.717, 1.165) is 24.0 Å². The van der Waals surface area contributed by atoms with E-state index in [1.807, 2.05) is 48.7 Å². The standard InChI is InChI=1S/C19H23NO3S/c1-14-11-17(24-12-14)18(21)20-13-19(22,15-5-3-2-4-6-15)16-7-9-23-10-8-16/h2-6,11-12,16,22H,7-10,13H2,1H3,(H,20,21)/t19-/m1/s1. The summed E-state index contributed by atoms with van der Waals surface area (Å²) in [6, 6.07) is 11.5. The van der Waals surface area contributed by atoms with Crippen LogP contribution >= 0.6 is 11.3 Å². The van der Waals surface area contributed by atoms with Gasteiger partial charge < -0.3 is 15.2 Å². The van der Waals surface area contributed by atoms with Crippen LogP contribution in [-0.4, -0.2) is 30.8 Å². The molecule has 1 atom stereocenters. The molecule has 1 aromatic heterocycles. The molecule has 24 heavy (non-hydrogen) atoms. The van der Waals surface area contributed by atoms with Crippen LogP contribution in [0.4, 0.5) is 0 Å². The van der Waals surface area contributed by atoms with E-state index in [4.69, 9.17) is 4.74 Å². The van der Waals surface area contributed by atoms with Gasteiger partial charge in [-0.1, -0.05) is 30.3 Å². The zero-order chi connectivity index (χ0) is 17.0. The molecular weight excluding hydrogens is 322 g/mol. The van der Waals surface area contributed by atoms with Crippen molar-refractivity contribution in [2.75, 3.05) is 19.8 Å². The molecular formula is C19H23NO3S. The van der Waals surface area contributed by atoms with Crippen molar-refractivity contribution >= 4 is 17.2 Å². The number of carbonyl (C=O) groups is 1. The molecule has 0 unspecified atom stereocenters. The highest BCUT2D eigenvalue weighted by molar-refractivity contribution is 7.12. The Hall–Kier alpha value is -1.69. The number of thiophene rings is 1. The number of nitrogens with one attached hydrogen (secondary N) is 1. The van der Waals surface area contributed by atoms with Crippen LogP contribution in [0.5, 0.6) is 0 Å². The topological polar surface area (TPSA) is 58.6 Å². The number of rotatable bonds is 5. The maximum Gasteiger partial charge on any atom is 0.261 e. The number of hydrogen-bond acceptors (Lipinski definition) is 4. The Morgan fingerprint density at radius 3 is 2.67 bits per heavy atom. The molecule has 0 aliphatic carbocycles. The summed E-state index contributed by atoms with van der Waals surface area (Å²) < 4.78 is 5.43. The summed E-state index contributed by atoms with van der Waals surface area (Å²) in [6.45, 7) is 3.48. The Morgan fingerprint density at radius 2 is 2.04 bits per heavy atom. The second-order valence-corrected chi connectivity index (χ2v) is 7.26. The Labute approximate surface area is 146 Å². The number of amides is 1. The summed E-state index contributed by atoms with van der Waals surface area (Å²) in [7, 11) is 0. The van der Waals surface area contributed by atoms with Gasteiger partial charge >= 0.3 is 0 Å². The van der Waals surface area contributed by atoms with Crippen molar-refractivity contribution in [1.29, 1.82) is 0 Å². The van der Waals surface area contributed by atoms with E-state index < -0.39 is 5.60 Å². The van der Waals surface area contributed by atoms with Crippen LogP contribution in [0.15, 0.2) is 41.8 Å². The SMILES string of the molecule is Cc1csc(C(=O)NC[C@@](O)(c2ccccc2)C2CCOCC2)c1. The van der Waals surface area contributed by atoms with Crippen LogP contribution in [0, 0.1) is 12.8 Å². The van der Waals surface area contributed by atoms with Crippen molar-refractivity contribution in [3.8, 4) is 0 Å². The number of aliphatic hydroxyl groups is 1. The van der Waals surface area contributed by atoms with Gasteiger partial charge in [-0.3, -0.25) is 4.79 Å². The average Bonchev–Trinajstić information content (AvgIpc) is 3.07. The van der Waals surface area contributed by atoms with E-state index in [9.17, 15) is 9.90 Å². The van der Waals surface area contributed by atoms with Crippen LogP contribution in [-0.2, 0) is 10.3 Å². The fourth-order valence-electron chi connectivity index (χ4n) is 3.24. The number of ether oxygens (including phenoxy) is 1. The smallest absolute Gasteiger partial charge is 0.261 e. The van der Waals surface area contributed by atoms with Gasteiger partial charge in [-0.2, -0.15) is 0 Å². The van der Waals surface area contributed by atoms with Crippen molar-refractivity contribution in [3.05, 3.63) is 57.8 Å². The first-order chi connectivity index (χ1) is 11.6. The lowest BCUT2D eigenvalue weighted by molar-refractivity contribution is -0.0680. The van der Waals surface area contributed by atoms with E-state index in [0.29, 0.717) is 18.1 Å². The average molecular weight is 345 g/mol. The van der Waals surface area contributed by atoms with E-state index in [-0.39, 0.29) is 18.4 Å². The predicted octanol–water partition coefficient (Wildman–Crippen LogP) is 3.10. The molecule has 0 spiro atoms. The number of hydrogen-bond donors (Lipinski definition) is 2. The Kier molecular flexibility index (Phi) is 5.33. The van der Waals surface area contributed by atoms with Gasteiger partial charge in [-0.05, 0) is 48.3 Å². The van der Waals surface area contributed by atoms with Gasteiger partial charge in [0.25, 0.3) is 5.91 Å². The number of benzene rings is 1. The van der Waals surface area contributed by atoms with Crippen LogP contribution in [0.2, 0.25) is 0 Å². The van der Waals surface area contributed by atoms with Crippen molar-refractivity contribution in [3.63, 3.8) is 0 Å². The third-order valence-electron chi connectivity index (χ3n) is 4.64. The minimum absolute atomic E-state index is 0.0685. The second-order valence-electron chi connectivity index (χ2n) is 6.35. The zero-order valence-corrected chi connectivity index (χ0v) is 14.6. The normalized spacial score (nSPS) is 18.1. The molecule has 3 rings (SSSR count). The van der Waals surface area contributed by atoms with Gasteiger partial charge in [0.1, 0.15) is 5.60 Å². The lowest BCUT2D eigenvalue weighted by Crippen LogP contribution is -2.47. The minimum atomic E-state index is -1.08. The van der Waals surface area contributed by atoms with Crippen molar-refractivity contribution in [2.24, 2.45) is 5.92 Å². The molecule has 1 saturated heterocycles. The minimum Gasteiger partial charge on any atom is -0.383 e. The first-order valence-corrected chi connectivity index (χ1v) is 9.16. The summed E-state index contributed by atoms with van der Waals surface area (Å²) >= 11 is 1.43. The lowest BCUT2D eigenvalue weighted by atomic mass is 9.77. The monoisotopic (exact) mass is 345 g/mol. The van der Waals surface area contributed by atoms with E-state index >= 15 is 0 Å². The number of carbonyl (C=O) groups excluding carboxylic acids is 1. The van der Waals surface area contributed by atoms with Crippen LogP contribution in [0.3, 0.4) is 0 Å². The summed E-state index contributed by atoms with van der Waals surface area (Å²) in [6.07, 6.45) is 1.58. The molecule has 1 aliphatic rings. The van der Waals surface area contributed by atoms with Gasteiger partial charge in [0.2, 0.25) is 0 Å². The van der Waals surface area contributed by atoms with Gasteiger partial charge in [0, 0.05) is 13.2 Å². The van der Waals surface area contributed by atoms with E-state index in [1.165, 1.54) is 11.3 Å². The first kappa shape index (κ1) is 17.1. The van der Waals surface area contributed by atoms with E-state index in [1.54, 1.807) is 0 Å². The summed E-state index contributed by atoms with van der Waals surface area (Å²) in [5, 5.41) is 16.3. The highest BCUT2D eigenvalue weighted by Crippen LogP contribution is 2.35. The molecule has 2 heterocycles. The van der Waals surface area contributed by atoms with Crippen LogP contribution in [0.25, 0.3) is 0 Å². The Morgan fingerprint density at radius 1 is 1.33 bits per heavy atom. The van der Waals surface area contributed by atoms with Crippen LogP contribution in [0.1, 0.15) is 33.6 Å². The molecule has 4 nitrogen and oxygen atoms in total. The zero-order valence-electron chi connectivity index (χ0n) is 13.8. The van der Waals surface area contributed by atoms with Gasteiger partial charge in [0.05, 0.1) is 11.4 Å². The molecule has 0 saturated carbocycles. The quantitative estimate of drug-likeness (QED) is 0.875. The van der Waals surface area contributed by atoms with Crippen molar-refractivity contribution < 1.29 is 14.6 Å². The van der Waals surface area contributed by atoms with Gasteiger partial charge in [-0.15, -0.1) is 11.3 Å². The third-order valence-corrected chi connectivity index (χ3v) is 5.69. The molecule has 0 bridgehead atoms. The molecule has 1 aliphatic heterocycles. The predicted molar refractivity (Wildman–Crippen MR) is 95.3 cm³/mol. The van der Waals surface area contributed by atoms with E-state index in [2.05, 4.69) is 5.32 Å². The van der Waals surface area contributed by atoms with Gasteiger partial charge in [-0.25, -0.2) is 0 Å². The second kappa shape index (κ2) is 7.47. The molecule has 2 aromatic rings. The molecule has 0 radical (unpaired) electrons. The van der Waals surface area contributed by atoms with Crippen molar-refractivity contribution in [1.82, 2.24) is 5.32 Å². The molecule has 1 fully saturated rings. The fourth-order valence-corrected chi connectivity index (χ4v) is 4.05. The molecule has 1 aromatic carbocycles. The summed E-state index contributed by atoms with van der Waals surface area (Å²) in [5.74, 6) is -0.0615. The Bertz CT molecular complexity index is 679. The van der Waals surface area contributed by atoms with Crippen LogP contribution < -0.4 is 5.32 Å². The molecule has 5 heteroatoms. The highest BCUT2D eigenvalue weighted by Gasteiger charge is 2.39. The summed E-state index contributed by atoms with van der Waals surface area (Å²) in [4.78, 5) is 13.1. The third kappa shape index (κ3) is 3.69. The molecule has 128 valence electrons. The Balaban J connectivity index is 1.78. The van der Waals surface area contributed by atoms with Crippen molar-refractivity contribution in [2.45, 2.75) is 25.4 Å². The summed E-state index contributed by atoms with van der Waals surface area (Å²) in [5.41, 5.74) is 0.847. The highest BCUT2D eigenvalue weighted by atomic mass is 32.1. The maximum absolute atomic E-state index is 12.4. The lowest BCUT2D eigenvalue weighted by Gasteiger charge is -2.39. The van der Waals surface area contributed by atoms with Gasteiger partial charge in [0.15, 0.2) is 0 Å². The fraction of sp³-hybridized carbons (Fsp3) is 0.421.